The number of hydrogen-bond acceptors (Lipinski definition) is 4. The van der Waals surface area contributed by atoms with Crippen LogP contribution in [0.5, 0.6) is 0 Å². The van der Waals surface area contributed by atoms with E-state index in [0.29, 0.717) is 6.04 Å². The van der Waals surface area contributed by atoms with Crippen LogP contribution in [-0.4, -0.2) is 41.8 Å². The zero-order valence-corrected chi connectivity index (χ0v) is 12.3. The van der Waals surface area contributed by atoms with Crippen molar-refractivity contribution in [2.45, 2.75) is 57.3 Å². The molecule has 0 amide bonds. The monoisotopic (exact) mass is 279 g/mol. The van der Waals surface area contributed by atoms with Crippen molar-refractivity contribution in [2.24, 2.45) is 0 Å². The molecule has 3 rings (SSSR count). The van der Waals surface area contributed by atoms with Gasteiger partial charge in [-0.15, -0.1) is 0 Å². The van der Waals surface area contributed by atoms with Crippen LogP contribution >= 0.6 is 0 Å². The van der Waals surface area contributed by atoms with Gasteiger partial charge in [-0.3, -0.25) is 5.10 Å². The summed E-state index contributed by atoms with van der Waals surface area (Å²) in [5.41, 5.74) is 2.53. The van der Waals surface area contributed by atoms with Crippen LogP contribution in [0.3, 0.4) is 0 Å². The largest absolute Gasteiger partial charge is 0.348 e. The molecule has 0 unspecified atom stereocenters. The lowest BCUT2D eigenvalue weighted by molar-refractivity contribution is -0.179. The van der Waals surface area contributed by atoms with Crippen LogP contribution in [0.1, 0.15) is 43.4 Å². The van der Waals surface area contributed by atoms with Crippen molar-refractivity contribution in [1.29, 1.82) is 0 Å². The maximum absolute atomic E-state index is 5.76. The van der Waals surface area contributed by atoms with E-state index in [0.717, 1.165) is 58.3 Å². The Kier molecular flexibility index (Phi) is 4.38. The number of ether oxygens (including phenoxy) is 2. The SMILES string of the molecule is Cc1[nH]ncc1CCCNC1CCC2(CC1)OCCO2. The highest BCUT2D eigenvalue weighted by Gasteiger charge is 2.39. The standard InChI is InChI=1S/C15H25N3O2/c1-12-13(11-17-18-12)3-2-8-16-14-4-6-15(7-5-14)19-9-10-20-15/h11,14,16H,2-10H2,1H3,(H,17,18). The number of aromatic nitrogens is 2. The Morgan fingerprint density at radius 3 is 2.75 bits per heavy atom. The average Bonchev–Trinajstić information content (AvgIpc) is 3.07. The van der Waals surface area contributed by atoms with Gasteiger partial charge in [0.1, 0.15) is 0 Å². The van der Waals surface area contributed by atoms with E-state index < -0.39 is 0 Å². The number of aromatic amines is 1. The molecule has 1 aromatic heterocycles. The smallest absolute Gasteiger partial charge is 0.168 e. The third-order valence-electron chi connectivity index (χ3n) is 4.55. The highest BCUT2D eigenvalue weighted by molar-refractivity contribution is 5.14. The summed E-state index contributed by atoms with van der Waals surface area (Å²) in [6, 6.07) is 0.624. The third kappa shape index (κ3) is 3.22. The van der Waals surface area contributed by atoms with E-state index in [2.05, 4.69) is 22.4 Å². The molecule has 2 heterocycles. The van der Waals surface area contributed by atoms with Crippen LogP contribution < -0.4 is 5.32 Å². The number of nitrogens with one attached hydrogen (secondary N) is 2. The fourth-order valence-corrected chi connectivity index (χ4v) is 3.26. The van der Waals surface area contributed by atoms with E-state index in [-0.39, 0.29) is 5.79 Å². The molecule has 0 radical (unpaired) electrons. The van der Waals surface area contributed by atoms with Crippen molar-refractivity contribution in [1.82, 2.24) is 15.5 Å². The van der Waals surface area contributed by atoms with Gasteiger partial charge < -0.3 is 14.8 Å². The van der Waals surface area contributed by atoms with Gasteiger partial charge in [-0.2, -0.15) is 5.10 Å². The Morgan fingerprint density at radius 1 is 1.35 bits per heavy atom. The minimum Gasteiger partial charge on any atom is -0.348 e. The number of rotatable bonds is 5. The molecule has 1 aliphatic carbocycles. The maximum Gasteiger partial charge on any atom is 0.168 e. The van der Waals surface area contributed by atoms with E-state index in [4.69, 9.17) is 9.47 Å². The first kappa shape index (κ1) is 14.0. The van der Waals surface area contributed by atoms with Crippen molar-refractivity contribution < 1.29 is 9.47 Å². The van der Waals surface area contributed by atoms with Crippen molar-refractivity contribution in [3.8, 4) is 0 Å². The second-order valence-electron chi connectivity index (χ2n) is 5.96. The van der Waals surface area contributed by atoms with Gasteiger partial charge in [0.2, 0.25) is 0 Å². The molecule has 20 heavy (non-hydrogen) atoms. The molecule has 1 spiro atoms. The summed E-state index contributed by atoms with van der Waals surface area (Å²) in [6.07, 6.45) is 8.58. The Bertz CT molecular complexity index is 417. The first-order valence-corrected chi connectivity index (χ1v) is 7.78. The topological polar surface area (TPSA) is 59.2 Å². The van der Waals surface area contributed by atoms with Gasteiger partial charge in [-0.25, -0.2) is 0 Å². The number of H-pyrrole nitrogens is 1. The van der Waals surface area contributed by atoms with Crippen LogP contribution in [0.2, 0.25) is 0 Å². The van der Waals surface area contributed by atoms with Crippen molar-refractivity contribution in [2.75, 3.05) is 19.8 Å². The zero-order valence-electron chi connectivity index (χ0n) is 12.3. The minimum absolute atomic E-state index is 0.230. The molecule has 0 atom stereocenters. The summed E-state index contributed by atoms with van der Waals surface area (Å²) in [4.78, 5) is 0. The second-order valence-corrected chi connectivity index (χ2v) is 5.96. The molecule has 1 aliphatic heterocycles. The fourth-order valence-electron chi connectivity index (χ4n) is 3.26. The molecule has 0 aromatic carbocycles. The van der Waals surface area contributed by atoms with Gasteiger partial charge in [0, 0.05) is 24.6 Å². The van der Waals surface area contributed by atoms with E-state index in [1.807, 2.05) is 6.20 Å². The van der Waals surface area contributed by atoms with Gasteiger partial charge in [0.25, 0.3) is 0 Å². The molecule has 1 saturated heterocycles. The van der Waals surface area contributed by atoms with Crippen molar-refractivity contribution >= 4 is 0 Å². The van der Waals surface area contributed by atoms with Crippen LogP contribution in [0.25, 0.3) is 0 Å². The molecular formula is C15H25N3O2. The average molecular weight is 279 g/mol. The van der Waals surface area contributed by atoms with E-state index in [1.165, 1.54) is 11.3 Å². The molecule has 2 fully saturated rings. The first-order chi connectivity index (χ1) is 9.77. The van der Waals surface area contributed by atoms with E-state index in [9.17, 15) is 0 Å². The Hall–Kier alpha value is -0.910. The lowest BCUT2D eigenvalue weighted by Crippen LogP contribution is -2.42. The fraction of sp³-hybridized carbons (Fsp3) is 0.800. The second kappa shape index (κ2) is 6.24. The predicted molar refractivity (Wildman–Crippen MR) is 76.5 cm³/mol. The Morgan fingerprint density at radius 2 is 2.10 bits per heavy atom. The predicted octanol–water partition coefficient (Wildman–Crippen LogP) is 1.93. The molecule has 112 valence electrons. The molecule has 1 aromatic rings. The van der Waals surface area contributed by atoms with Crippen molar-refractivity contribution in [3.63, 3.8) is 0 Å². The number of hydrogen-bond donors (Lipinski definition) is 2. The normalized spacial score (nSPS) is 22.6. The van der Waals surface area contributed by atoms with Crippen LogP contribution in [-0.2, 0) is 15.9 Å². The van der Waals surface area contributed by atoms with Gasteiger partial charge >= 0.3 is 0 Å². The molecule has 1 saturated carbocycles. The summed E-state index contributed by atoms with van der Waals surface area (Å²) >= 11 is 0. The van der Waals surface area contributed by atoms with Gasteiger partial charge in [0.15, 0.2) is 5.79 Å². The van der Waals surface area contributed by atoms with E-state index in [1.54, 1.807) is 0 Å². The van der Waals surface area contributed by atoms with Crippen LogP contribution in [0.15, 0.2) is 6.20 Å². The first-order valence-electron chi connectivity index (χ1n) is 7.78. The molecule has 2 N–H and O–H groups in total. The molecule has 0 bridgehead atoms. The lowest BCUT2D eigenvalue weighted by Gasteiger charge is -2.35. The summed E-state index contributed by atoms with van der Waals surface area (Å²) < 4.78 is 11.5. The zero-order chi connectivity index (χ0) is 13.8. The molecule has 2 aliphatic rings. The third-order valence-corrected chi connectivity index (χ3v) is 4.55. The minimum atomic E-state index is -0.230. The van der Waals surface area contributed by atoms with Gasteiger partial charge in [0.05, 0.1) is 19.4 Å². The lowest BCUT2D eigenvalue weighted by atomic mass is 9.90. The highest BCUT2D eigenvalue weighted by Crippen LogP contribution is 2.35. The van der Waals surface area contributed by atoms with Gasteiger partial charge in [-0.05, 0) is 44.7 Å². The number of aryl methyl sites for hydroxylation is 2. The molecule has 5 heteroatoms. The van der Waals surface area contributed by atoms with E-state index >= 15 is 0 Å². The summed E-state index contributed by atoms with van der Waals surface area (Å²) in [7, 11) is 0. The summed E-state index contributed by atoms with van der Waals surface area (Å²) in [6.45, 7) is 4.69. The quantitative estimate of drug-likeness (QED) is 0.809. The molecular weight excluding hydrogens is 254 g/mol. The summed E-state index contributed by atoms with van der Waals surface area (Å²) in [5, 5.41) is 10.7. The highest BCUT2D eigenvalue weighted by atomic mass is 16.7. The van der Waals surface area contributed by atoms with Crippen LogP contribution in [0.4, 0.5) is 0 Å². The van der Waals surface area contributed by atoms with Gasteiger partial charge in [-0.1, -0.05) is 0 Å². The van der Waals surface area contributed by atoms with Crippen molar-refractivity contribution in [3.05, 3.63) is 17.5 Å². The van der Waals surface area contributed by atoms with Crippen LogP contribution in [0, 0.1) is 6.92 Å². The Labute approximate surface area is 120 Å². The Balaban J connectivity index is 1.33. The molecule has 5 nitrogen and oxygen atoms in total. The summed E-state index contributed by atoms with van der Waals surface area (Å²) in [5.74, 6) is -0.230. The maximum atomic E-state index is 5.76. The number of nitrogens with zero attached hydrogens (tertiary/aromatic N) is 1.